The highest BCUT2D eigenvalue weighted by atomic mass is 16.5. The van der Waals surface area contributed by atoms with E-state index in [0.29, 0.717) is 18.6 Å². The molecule has 0 spiro atoms. The van der Waals surface area contributed by atoms with Crippen molar-refractivity contribution in [2.24, 2.45) is 5.92 Å². The van der Waals surface area contributed by atoms with Crippen LogP contribution in [0.15, 0.2) is 18.2 Å². The molecule has 0 bridgehead atoms. The number of fused-ring (bicyclic) bond motifs is 1. The molecule has 5 nitrogen and oxygen atoms in total. The highest BCUT2D eigenvalue weighted by Crippen LogP contribution is 2.24. The van der Waals surface area contributed by atoms with Crippen molar-refractivity contribution < 1.29 is 14.3 Å². The first-order chi connectivity index (χ1) is 9.51. The first-order valence-electron chi connectivity index (χ1n) is 6.74. The lowest BCUT2D eigenvalue weighted by Crippen LogP contribution is -2.41. The normalized spacial score (nSPS) is 14.9. The minimum absolute atomic E-state index is 0.0306. The zero-order valence-corrected chi connectivity index (χ0v) is 12.0. The third-order valence-corrected chi connectivity index (χ3v) is 3.46. The van der Waals surface area contributed by atoms with Crippen molar-refractivity contribution in [2.75, 3.05) is 19.0 Å². The van der Waals surface area contributed by atoms with Gasteiger partial charge in [0.1, 0.15) is 0 Å². The van der Waals surface area contributed by atoms with E-state index in [0.717, 1.165) is 11.3 Å². The predicted molar refractivity (Wildman–Crippen MR) is 76.7 cm³/mol. The van der Waals surface area contributed by atoms with E-state index in [9.17, 15) is 9.59 Å². The molecule has 0 radical (unpaired) electrons. The predicted octanol–water partition coefficient (Wildman–Crippen LogP) is 1.58. The second-order valence-corrected chi connectivity index (χ2v) is 5.38. The number of methoxy groups -OCH3 is 1. The van der Waals surface area contributed by atoms with Crippen molar-refractivity contribution in [1.82, 2.24) is 5.32 Å². The van der Waals surface area contributed by atoms with E-state index in [1.165, 1.54) is 0 Å². The molecule has 1 atom stereocenters. The second kappa shape index (κ2) is 6.05. The van der Waals surface area contributed by atoms with Gasteiger partial charge in [-0.1, -0.05) is 19.9 Å². The Bertz CT molecular complexity index is 526. The van der Waals surface area contributed by atoms with Crippen molar-refractivity contribution in [2.45, 2.75) is 26.3 Å². The van der Waals surface area contributed by atoms with Crippen LogP contribution in [0.1, 0.15) is 29.8 Å². The Morgan fingerprint density at radius 3 is 2.85 bits per heavy atom. The number of amides is 2. The summed E-state index contributed by atoms with van der Waals surface area (Å²) in [5.41, 5.74) is 2.21. The molecule has 0 fully saturated rings. The van der Waals surface area contributed by atoms with E-state index in [1.54, 1.807) is 19.2 Å². The highest BCUT2D eigenvalue weighted by Gasteiger charge is 2.21. The standard InChI is InChI=1S/C15H20N2O3/c1-9(2)13(8-20-3)17-15(19)11-5-4-10-7-14(18)16-12(10)6-11/h4-6,9,13H,7-8H2,1-3H3,(H,16,18)(H,17,19). The van der Waals surface area contributed by atoms with Gasteiger partial charge in [-0.05, 0) is 23.6 Å². The number of rotatable bonds is 5. The zero-order valence-electron chi connectivity index (χ0n) is 12.0. The van der Waals surface area contributed by atoms with Gasteiger partial charge in [-0.2, -0.15) is 0 Å². The molecule has 0 aliphatic carbocycles. The van der Waals surface area contributed by atoms with Crippen LogP contribution >= 0.6 is 0 Å². The number of nitrogens with one attached hydrogen (secondary N) is 2. The third-order valence-electron chi connectivity index (χ3n) is 3.46. The molecule has 108 valence electrons. The zero-order chi connectivity index (χ0) is 14.7. The molecule has 2 amide bonds. The number of benzene rings is 1. The fraction of sp³-hybridized carbons (Fsp3) is 0.467. The van der Waals surface area contributed by atoms with Crippen molar-refractivity contribution >= 4 is 17.5 Å². The Balaban J connectivity index is 2.10. The van der Waals surface area contributed by atoms with E-state index in [-0.39, 0.29) is 23.8 Å². The Morgan fingerprint density at radius 2 is 2.20 bits per heavy atom. The van der Waals surface area contributed by atoms with Gasteiger partial charge in [-0.3, -0.25) is 9.59 Å². The average molecular weight is 276 g/mol. The Kier molecular flexibility index (Phi) is 4.39. The molecule has 1 unspecified atom stereocenters. The number of ether oxygens (including phenoxy) is 1. The molecule has 20 heavy (non-hydrogen) atoms. The summed E-state index contributed by atoms with van der Waals surface area (Å²) < 4.78 is 5.12. The van der Waals surface area contributed by atoms with Crippen LogP contribution in [0.4, 0.5) is 5.69 Å². The molecule has 0 aromatic heterocycles. The minimum Gasteiger partial charge on any atom is -0.383 e. The third kappa shape index (κ3) is 3.17. The van der Waals surface area contributed by atoms with Crippen molar-refractivity contribution in [3.05, 3.63) is 29.3 Å². The maximum Gasteiger partial charge on any atom is 0.251 e. The second-order valence-electron chi connectivity index (χ2n) is 5.38. The molecule has 1 heterocycles. The quantitative estimate of drug-likeness (QED) is 0.858. The number of carbonyl (C=O) groups is 2. The first-order valence-corrected chi connectivity index (χ1v) is 6.74. The van der Waals surface area contributed by atoms with Crippen LogP contribution in [0, 0.1) is 5.92 Å². The number of carbonyl (C=O) groups excluding carboxylic acids is 2. The van der Waals surface area contributed by atoms with Crippen LogP contribution in [0.2, 0.25) is 0 Å². The lowest BCUT2D eigenvalue weighted by Gasteiger charge is -2.21. The van der Waals surface area contributed by atoms with Gasteiger partial charge < -0.3 is 15.4 Å². The van der Waals surface area contributed by atoms with E-state index < -0.39 is 0 Å². The monoisotopic (exact) mass is 276 g/mol. The van der Waals surface area contributed by atoms with Crippen LogP contribution in [-0.2, 0) is 16.0 Å². The van der Waals surface area contributed by atoms with Crippen LogP contribution in [0.25, 0.3) is 0 Å². The molecule has 5 heteroatoms. The number of hydrogen-bond acceptors (Lipinski definition) is 3. The summed E-state index contributed by atoms with van der Waals surface area (Å²) in [4.78, 5) is 23.5. The molecule has 2 N–H and O–H groups in total. The lowest BCUT2D eigenvalue weighted by molar-refractivity contribution is -0.115. The van der Waals surface area contributed by atoms with Crippen LogP contribution in [0.3, 0.4) is 0 Å². The summed E-state index contributed by atoms with van der Waals surface area (Å²) in [6.45, 7) is 4.55. The molecular formula is C15H20N2O3. The van der Waals surface area contributed by atoms with Gasteiger partial charge in [0.15, 0.2) is 0 Å². The summed E-state index contributed by atoms with van der Waals surface area (Å²) in [5, 5.41) is 5.71. The molecule has 0 saturated heterocycles. The van der Waals surface area contributed by atoms with Crippen LogP contribution in [0.5, 0.6) is 0 Å². The average Bonchev–Trinajstić information content (AvgIpc) is 2.76. The molecule has 1 aliphatic heterocycles. The van der Waals surface area contributed by atoms with Gasteiger partial charge in [0, 0.05) is 18.4 Å². The van der Waals surface area contributed by atoms with Gasteiger partial charge in [0.2, 0.25) is 5.91 Å². The number of anilines is 1. The van der Waals surface area contributed by atoms with Crippen molar-refractivity contribution in [1.29, 1.82) is 0 Å². The minimum atomic E-state index is -0.148. The molecule has 1 aromatic carbocycles. The van der Waals surface area contributed by atoms with Gasteiger partial charge in [-0.25, -0.2) is 0 Å². The van der Waals surface area contributed by atoms with E-state index in [2.05, 4.69) is 10.6 Å². The summed E-state index contributed by atoms with van der Waals surface area (Å²) in [7, 11) is 1.62. The van der Waals surface area contributed by atoms with E-state index >= 15 is 0 Å². The fourth-order valence-electron chi connectivity index (χ4n) is 2.19. The molecular weight excluding hydrogens is 256 g/mol. The SMILES string of the molecule is COCC(NC(=O)c1ccc2c(c1)NC(=O)C2)C(C)C. The maximum atomic E-state index is 12.2. The lowest BCUT2D eigenvalue weighted by atomic mass is 10.0. The van der Waals surface area contributed by atoms with E-state index in [4.69, 9.17) is 4.74 Å². The van der Waals surface area contributed by atoms with Gasteiger partial charge in [0.05, 0.1) is 19.1 Å². The van der Waals surface area contributed by atoms with Crippen LogP contribution in [-0.4, -0.2) is 31.6 Å². The molecule has 1 aliphatic rings. The Hall–Kier alpha value is -1.88. The maximum absolute atomic E-state index is 12.2. The molecule has 0 saturated carbocycles. The number of hydrogen-bond donors (Lipinski definition) is 2. The summed E-state index contributed by atoms with van der Waals surface area (Å²) in [5.74, 6) is 0.106. The van der Waals surface area contributed by atoms with E-state index in [1.807, 2.05) is 19.9 Å². The van der Waals surface area contributed by atoms with Crippen LogP contribution < -0.4 is 10.6 Å². The van der Waals surface area contributed by atoms with Crippen molar-refractivity contribution in [3.63, 3.8) is 0 Å². The molecule has 2 rings (SSSR count). The smallest absolute Gasteiger partial charge is 0.251 e. The summed E-state index contributed by atoms with van der Waals surface area (Å²) >= 11 is 0. The summed E-state index contributed by atoms with van der Waals surface area (Å²) in [6, 6.07) is 5.26. The van der Waals surface area contributed by atoms with Crippen molar-refractivity contribution in [3.8, 4) is 0 Å². The van der Waals surface area contributed by atoms with Gasteiger partial charge in [-0.15, -0.1) is 0 Å². The van der Waals surface area contributed by atoms with Gasteiger partial charge in [0.25, 0.3) is 5.91 Å². The fourth-order valence-corrected chi connectivity index (χ4v) is 2.19. The Morgan fingerprint density at radius 1 is 1.45 bits per heavy atom. The summed E-state index contributed by atoms with van der Waals surface area (Å²) in [6.07, 6.45) is 0.384. The Labute approximate surface area is 118 Å². The molecule has 1 aromatic rings. The first kappa shape index (κ1) is 14.5. The van der Waals surface area contributed by atoms with Gasteiger partial charge >= 0.3 is 0 Å². The topological polar surface area (TPSA) is 67.4 Å². The largest absolute Gasteiger partial charge is 0.383 e. The highest BCUT2D eigenvalue weighted by molar-refractivity contribution is 6.02.